The maximum atomic E-state index is 13.6. The summed E-state index contributed by atoms with van der Waals surface area (Å²) in [6, 6.07) is 14.4. The quantitative estimate of drug-likeness (QED) is 0.876. The molecule has 1 fully saturated rings. The molecule has 2 aromatic carbocycles. The van der Waals surface area contributed by atoms with E-state index in [9.17, 15) is 9.18 Å². The fourth-order valence-electron chi connectivity index (χ4n) is 2.41. The Balaban J connectivity index is 1.87. The Morgan fingerprint density at radius 1 is 1.14 bits per heavy atom. The largest absolute Gasteiger partial charge is 0.396 e. The lowest BCUT2D eigenvalue weighted by Crippen LogP contribution is -2.33. The zero-order valence-electron chi connectivity index (χ0n) is 11.6. The van der Waals surface area contributed by atoms with Gasteiger partial charge in [0, 0.05) is 12.6 Å². The van der Waals surface area contributed by atoms with Crippen LogP contribution < -0.4 is 5.73 Å². The number of nitrogens with zero attached hydrogens (tertiary/aromatic N) is 1. The first-order valence-electron chi connectivity index (χ1n) is 7.05. The van der Waals surface area contributed by atoms with Crippen molar-refractivity contribution < 1.29 is 9.18 Å². The van der Waals surface area contributed by atoms with Gasteiger partial charge in [0.05, 0.1) is 11.3 Å². The van der Waals surface area contributed by atoms with E-state index < -0.39 is 5.82 Å². The lowest BCUT2D eigenvalue weighted by atomic mass is 10.1. The molecule has 1 aliphatic carbocycles. The van der Waals surface area contributed by atoms with Gasteiger partial charge in [0.15, 0.2) is 0 Å². The number of para-hydroxylation sites is 1. The molecule has 1 aliphatic rings. The van der Waals surface area contributed by atoms with Crippen LogP contribution in [-0.4, -0.2) is 16.8 Å². The van der Waals surface area contributed by atoms with E-state index in [0.29, 0.717) is 6.54 Å². The van der Waals surface area contributed by atoms with Crippen molar-refractivity contribution in [3.05, 3.63) is 65.5 Å². The highest BCUT2D eigenvalue weighted by atomic mass is 19.1. The number of nitrogen functional groups attached to an aromatic ring is 1. The Kier molecular flexibility index (Phi) is 3.60. The van der Waals surface area contributed by atoms with E-state index >= 15 is 0 Å². The topological polar surface area (TPSA) is 46.3 Å². The minimum absolute atomic E-state index is 0.0683. The molecule has 0 saturated heterocycles. The highest BCUT2D eigenvalue weighted by Crippen LogP contribution is 2.31. The molecule has 3 rings (SSSR count). The zero-order valence-corrected chi connectivity index (χ0v) is 11.6. The van der Waals surface area contributed by atoms with E-state index in [0.717, 1.165) is 18.4 Å². The number of anilines is 1. The summed E-state index contributed by atoms with van der Waals surface area (Å²) in [4.78, 5) is 14.5. The van der Waals surface area contributed by atoms with Gasteiger partial charge in [-0.2, -0.15) is 0 Å². The Bertz CT molecular complexity index is 653. The lowest BCUT2D eigenvalue weighted by Gasteiger charge is -2.23. The predicted octanol–water partition coefficient (Wildman–Crippen LogP) is 3.21. The zero-order chi connectivity index (χ0) is 14.8. The Morgan fingerprint density at radius 2 is 1.86 bits per heavy atom. The van der Waals surface area contributed by atoms with Gasteiger partial charge in [0.1, 0.15) is 5.82 Å². The number of hydrogen-bond donors (Lipinski definition) is 1. The van der Waals surface area contributed by atoms with Crippen LogP contribution in [0.4, 0.5) is 10.1 Å². The van der Waals surface area contributed by atoms with Crippen LogP contribution in [0.3, 0.4) is 0 Å². The fraction of sp³-hybridized carbons (Fsp3) is 0.235. The number of benzene rings is 2. The number of hydrogen-bond acceptors (Lipinski definition) is 2. The maximum absolute atomic E-state index is 13.6. The number of rotatable bonds is 4. The van der Waals surface area contributed by atoms with Gasteiger partial charge < -0.3 is 10.6 Å². The van der Waals surface area contributed by atoms with Crippen molar-refractivity contribution in [2.75, 3.05) is 5.73 Å². The van der Waals surface area contributed by atoms with E-state index in [1.807, 2.05) is 30.3 Å². The van der Waals surface area contributed by atoms with Crippen molar-refractivity contribution >= 4 is 11.6 Å². The molecule has 3 nitrogen and oxygen atoms in total. The van der Waals surface area contributed by atoms with Crippen molar-refractivity contribution in [3.8, 4) is 0 Å². The Hall–Kier alpha value is -2.36. The number of nitrogens with two attached hydrogens (primary N) is 1. The molecule has 108 valence electrons. The molecular formula is C17H17FN2O. The second kappa shape index (κ2) is 5.56. The van der Waals surface area contributed by atoms with E-state index in [1.54, 1.807) is 11.0 Å². The average molecular weight is 284 g/mol. The fourth-order valence-corrected chi connectivity index (χ4v) is 2.41. The van der Waals surface area contributed by atoms with Crippen LogP contribution in [0, 0.1) is 5.82 Å². The van der Waals surface area contributed by atoms with Crippen LogP contribution in [0.2, 0.25) is 0 Å². The minimum Gasteiger partial charge on any atom is -0.396 e. The normalized spacial score (nSPS) is 14.0. The molecule has 2 aromatic rings. The summed E-state index contributed by atoms with van der Waals surface area (Å²) in [6.45, 7) is 0.528. The van der Waals surface area contributed by atoms with Crippen LogP contribution in [0.1, 0.15) is 28.8 Å². The second-order valence-electron chi connectivity index (χ2n) is 5.35. The number of halogens is 1. The Labute approximate surface area is 123 Å². The van der Waals surface area contributed by atoms with Gasteiger partial charge in [-0.3, -0.25) is 4.79 Å². The Morgan fingerprint density at radius 3 is 2.52 bits per heavy atom. The van der Waals surface area contributed by atoms with Crippen molar-refractivity contribution in [1.82, 2.24) is 4.90 Å². The lowest BCUT2D eigenvalue weighted by molar-refractivity contribution is 0.0730. The van der Waals surface area contributed by atoms with Crippen LogP contribution in [0.5, 0.6) is 0 Å². The summed E-state index contributed by atoms with van der Waals surface area (Å²) in [5.74, 6) is -0.741. The molecule has 4 heteroatoms. The summed E-state index contributed by atoms with van der Waals surface area (Å²) in [7, 11) is 0. The number of carbonyl (C=O) groups excluding carboxylic acids is 1. The molecular weight excluding hydrogens is 267 g/mol. The average Bonchev–Trinajstić information content (AvgIpc) is 3.33. The molecule has 0 unspecified atom stereocenters. The summed E-state index contributed by atoms with van der Waals surface area (Å²) < 4.78 is 13.6. The molecule has 2 N–H and O–H groups in total. The van der Waals surface area contributed by atoms with Crippen molar-refractivity contribution in [2.24, 2.45) is 0 Å². The summed E-state index contributed by atoms with van der Waals surface area (Å²) in [5, 5.41) is 0. The molecule has 0 spiro atoms. The van der Waals surface area contributed by atoms with E-state index in [2.05, 4.69) is 0 Å². The third-order valence-electron chi connectivity index (χ3n) is 3.73. The molecule has 1 amide bonds. The van der Waals surface area contributed by atoms with E-state index in [-0.39, 0.29) is 23.2 Å². The van der Waals surface area contributed by atoms with Crippen LogP contribution in [0.15, 0.2) is 48.5 Å². The monoisotopic (exact) mass is 284 g/mol. The molecule has 1 saturated carbocycles. The van der Waals surface area contributed by atoms with Crippen molar-refractivity contribution in [2.45, 2.75) is 25.4 Å². The van der Waals surface area contributed by atoms with Gasteiger partial charge in [-0.25, -0.2) is 4.39 Å². The summed E-state index contributed by atoms with van der Waals surface area (Å²) in [6.07, 6.45) is 1.99. The third kappa shape index (κ3) is 2.89. The number of carbonyl (C=O) groups is 1. The molecule has 0 radical (unpaired) electrons. The van der Waals surface area contributed by atoms with Crippen LogP contribution >= 0.6 is 0 Å². The van der Waals surface area contributed by atoms with E-state index in [1.165, 1.54) is 12.1 Å². The predicted molar refractivity (Wildman–Crippen MR) is 80.1 cm³/mol. The molecule has 0 bridgehead atoms. The van der Waals surface area contributed by atoms with Gasteiger partial charge in [-0.1, -0.05) is 36.4 Å². The first-order valence-corrected chi connectivity index (χ1v) is 7.05. The van der Waals surface area contributed by atoms with Crippen LogP contribution in [-0.2, 0) is 6.54 Å². The van der Waals surface area contributed by atoms with Gasteiger partial charge in [-0.15, -0.1) is 0 Å². The van der Waals surface area contributed by atoms with Crippen molar-refractivity contribution in [1.29, 1.82) is 0 Å². The van der Waals surface area contributed by atoms with Gasteiger partial charge in [-0.05, 0) is 30.5 Å². The minimum atomic E-state index is -0.545. The van der Waals surface area contributed by atoms with Crippen molar-refractivity contribution in [3.63, 3.8) is 0 Å². The molecule has 0 aliphatic heterocycles. The molecule has 21 heavy (non-hydrogen) atoms. The van der Waals surface area contributed by atoms with E-state index in [4.69, 9.17) is 5.73 Å². The smallest absolute Gasteiger partial charge is 0.256 e. The standard InChI is InChI=1S/C17H17FN2O/c18-15-8-4-7-14(16(15)19)17(21)20(13-9-10-13)11-12-5-2-1-3-6-12/h1-8,13H,9-11,19H2. The highest BCUT2D eigenvalue weighted by molar-refractivity contribution is 5.99. The summed E-state index contributed by atoms with van der Waals surface area (Å²) in [5.41, 5.74) is 6.96. The van der Waals surface area contributed by atoms with Gasteiger partial charge >= 0.3 is 0 Å². The number of amides is 1. The third-order valence-corrected chi connectivity index (χ3v) is 3.73. The first-order chi connectivity index (χ1) is 10.2. The summed E-state index contributed by atoms with van der Waals surface area (Å²) >= 11 is 0. The molecule has 0 atom stereocenters. The van der Waals surface area contributed by atoms with Crippen LogP contribution in [0.25, 0.3) is 0 Å². The van der Waals surface area contributed by atoms with Gasteiger partial charge in [0.25, 0.3) is 5.91 Å². The maximum Gasteiger partial charge on any atom is 0.256 e. The SMILES string of the molecule is Nc1c(F)cccc1C(=O)N(Cc1ccccc1)C1CC1. The first kappa shape index (κ1) is 13.6. The molecule has 0 heterocycles. The second-order valence-corrected chi connectivity index (χ2v) is 5.35. The van der Waals surface area contributed by atoms with Gasteiger partial charge in [0.2, 0.25) is 0 Å². The highest BCUT2D eigenvalue weighted by Gasteiger charge is 2.33. The molecule has 0 aromatic heterocycles.